The van der Waals surface area contributed by atoms with Crippen LogP contribution >= 0.6 is 11.3 Å². The van der Waals surface area contributed by atoms with Gasteiger partial charge < -0.3 is 4.74 Å². The minimum absolute atomic E-state index is 0.123. The maximum Gasteiger partial charge on any atom is 0.258 e. The molecule has 0 fully saturated rings. The van der Waals surface area contributed by atoms with Crippen molar-refractivity contribution < 1.29 is 9.53 Å². The van der Waals surface area contributed by atoms with Gasteiger partial charge in [0.05, 0.1) is 0 Å². The number of aryl methyl sites for hydroxylation is 2. The minimum Gasteiger partial charge on any atom is -0.486 e. The van der Waals surface area contributed by atoms with Crippen LogP contribution in [0.15, 0.2) is 46.7 Å². The molecule has 27 heavy (non-hydrogen) atoms. The van der Waals surface area contributed by atoms with Crippen LogP contribution < -0.4 is 10.3 Å². The van der Waals surface area contributed by atoms with Gasteiger partial charge in [-0.3, -0.25) is 14.2 Å². The molecule has 1 aromatic carbocycles. The highest BCUT2D eigenvalue weighted by Gasteiger charge is 2.13. The standard InChI is InChI=1S/C21H18N2O3S/c1-14-13-27-20(22-14)12-26-19-6-7-23(21(25)10-19)18-5-4-16-8-15(11-24)2-3-17(16)9-18/h2-3,6-11,13H,4-5,12H2,1H3. The molecule has 0 bridgehead atoms. The SMILES string of the molecule is Cc1csc(COc2ccn(C3=Cc4ccc(C=O)cc4CC3)c(=O)c2)n1. The molecule has 0 radical (unpaired) electrons. The highest BCUT2D eigenvalue weighted by atomic mass is 32.1. The lowest BCUT2D eigenvalue weighted by Gasteiger charge is -2.18. The fourth-order valence-corrected chi connectivity index (χ4v) is 3.85. The summed E-state index contributed by atoms with van der Waals surface area (Å²) in [5.41, 5.74) is 4.65. The quantitative estimate of drug-likeness (QED) is 0.631. The van der Waals surface area contributed by atoms with Gasteiger partial charge in [-0.25, -0.2) is 4.98 Å². The summed E-state index contributed by atoms with van der Waals surface area (Å²) in [6.45, 7) is 2.30. The number of fused-ring (bicyclic) bond motifs is 1. The zero-order valence-electron chi connectivity index (χ0n) is 14.8. The number of carbonyl (C=O) groups is 1. The van der Waals surface area contributed by atoms with Crippen molar-refractivity contribution in [2.75, 3.05) is 0 Å². The number of benzene rings is 1. The summed E-state index contributed by atoms with van der Waals surface area (Å²) in [5, 5.41) is 2.86. The van der Waals surface area contributed by atoms with E-state index in [9.17, 15) is 9.59 Å². The van der Waals surface area contributed by atoms with E-state index in [1.165, 1.54) is 6.07 Å². The Morgan fingerprint density at radius 1 is 1.26 bits per heavy atom. The molecule has 2 heterocycles. The number of rotatable bonds is 5. The largest absolute Gasteiger partial charge is 0.486 e. The third kappa shape index (κ3) is 3.75. The Balaban J connectivity index is 1.54. The number of hydrogen-bond acceptors (Lipinski definition) is 5. The van der Waals surface area contributed by atoms with Crippen molar-refractivity contribution in [1.82, 2.24) is 9.55 Å². The average molecular weight is 378 g/mol. The van der Waals surface area contributed by atoms with Crippen molar-refractivity contribution in [3.63, 3.8) is 0 Å². The van der Waals surface area contributed by atoms with Gasteiger partial charge >= 0.3 is 0 Å². The van der Waals surface area contributed by atoms with Crippen LogP contribution in [0.1, 0.15) is 38.6 Å². The number of ether oxygens (including phenoxy) is 1. The van der Waals surface area contributed by atoms with Crippen LogP contribution in [-0.4, -0.2) is 15.8 Å². The maximum absolute atomic E-state index is 12.5. The molecule has 0 N–H and O–H groups in total. The number of allylic oxidation sites excluding steroid dienone is 1. The number of aldehydes is 1. The zero-order chi connectivity index (χ0) is 18.8. The van der Waals surface area contributed by atoms with E-state index in [2.05, 4.69) is 4.98 Å². The van der Waals surface area contributed by atoms with Gasteiger partial charge in [0.15, 0.2) is 0 Å². The van der Waals surface area contributed by atoms with Crippen molar-refractivity contribution in [2.24, 2.45) is 0 Å². The van der Waals surface area contributed by atoms with Gasteiger partial charge in [0.2, 0.25) is 0 Å². The molecule has 4 rings (SSSR count). The third-order valence-corrected chi connectivity index (χ3v) is 5.45. The second kappa shape index (κ2) is 7.32. The topological polar surface area (TPSA) is 61.2 Å². The molecular weight excluding hydrogens is 360 g/mol. The van der Waals surface area contributed by atoms with E-state index in [-0.39, 0.29) is 5.56 Å². The predicted octanol–water partition coefficient (Wildman–Crippen LogP) is 3.95. The second-order valence-corrected chi connectivity index (χ2v) is 7.40. The van der Waals surface area contributed by atoms with Gasteiger partial charge in [-0.15, -0.1) is 11.3 Å². The number of nitrogens with zero attached hydrogens (tertiary/aromatic N) is 2. The highest BCUT2D eigenvalue weighted by molar-refractivity contribution is 7.09. The average Bonchev–Trinajstić information content (AvgIpc) is 3.11. The predicted molar refractivity (Wildman–Crippen MR) is 106 cm³/mol. The monoisotopic (exact) mass is 378 g/mol. The Labute approximate surface area is 160 Å². The normalized spacial score (nSPS) is 13.0. The van der Waals surface area contributed by atoms with Crippen LogP contribution in [0.4, 0.5) is 0 Å². The number of carbonyl (C=O) groups excluding carboxylic acids is 1. The van der Waals surface area contributed by atoms with Crippen molar-refractivity contribution in [1.29, 1.82) is 0 Å². The van der Waals surface area contributed by atoms with Crippen molar-refractivity contribution in [3.8, 4) is 5.75 Å². The molecule has 1 aliphatic rings. The molecule has 0 atom stereocenters. The summed E-state index contributed by atoms with van der Waals surface area (Å²) >= 11 is 1.54. The zero-order valence-corrected chi connectivity index (χ0v) is 15.7. The highest BCUT2D eigenvalue weighted by Crippen LogP contribution is 2.27. The molecule has 1 aliphatic carbocycles. The number of hydrogen-bond donors (Lipinski definition) is 0. The van der Waals surface area contributed by atoms with E-state index in [0.717, 1.165) is 46.7 Å². The first-order chi connectivity index (χ1) is 13.1. The fourth-order valence-electron chi connectivity index (χ4n) is 3.16. The van der Waals surface area contributed by atoms with Gasteiger partial charge in [0.1, 0.15) is 23.7 Å². The number of thiazole rings is 1. The summed E-state index contributed by atoms with van der Waals surface area (Å²) in [6.07, 6.45) is 6.16. The molecule has 0 amide bonds. The first-order valence-corrected chi connectivity index (χ1v) is 9.56. The van der Waals surface area contributed by atoms with Gasteiger partial charge in [0.25, 0.3) is 5.56 Å². The Bertz CT molecular complexity index is 1090. The van der Waals surface area contributed by atoms with E-state index < -0.39 is 0 Å². The van der Waals surface area contributed by atoms with Crippen LogP contribution in [0.25, 0.3) is 11.8 Å². The molecule has 5 nitrogen and oxygen atoms in total. The summed E-state index contributed by atoms with van der Waals surface area (Å²) < 4.78 is 7.34. The lowest BCUT2D eigenvalue weighted by Crippen LogP contribution is -2.19. The lowest BCUT2D eigenvalue weighted by atomic mass is 9.93. The minimum atomic E-state index is -0.123. The van der Waals surface area contributed by atoms with Gasteiger partial charge in [-0.2, -0.15) is 0 Å². The summed E-state index contributed by atoms with van der Waals surface area (Å²) in [6, 6.07) is 8.94. The molecule has 0 spiro atoms. The van der Waals surface area contributed by atoms with E-state index >= 15 is 0 Å². The van der Waals surface area contributed by atoms with Crippen molar-refractivity contribution in [3.05, 3.63) is 79.7 Å². The molecule has 0 aliphatic heterocycles. The molecule has 0 saturated carbocycles. The van der Waals surface area contributed by atoms with Gasteiger partial charge in [-0.05, 0) is 49.1 Å². The van der Waals surface area contributed by atoms with E-state index in [0.29, 0.717) is 17.9 Å². The lowest BCUT2D eigenvalue weighted by molar-refractivity contribution is 0.112. The second-order valence-electron chi connectivity index (χ2n) is 6.45. The smallest absolute Gasteiger partial charge is 0.258 e. The van der Waals surface area contributed by atoms with Gasteiger partial charge in [-0.1, -0.05) is 12.1 Å². The van der Waals surface area contributed by atoms with E-state index in [1.54, 1.807) is 34.2 Å². The number of aromatic nitrogens is 2. The van der Waals surface area contributed by atoms with Crippen LogP contribution in [0.5, 0.6) is 5.75 Å². The van der Waals surface area contributed by atoms with Crippen LogP contribution in [0.2, 0.25) is 0 Å². The Kier molecular flexibility index (Phi) is 4.73. The molecule has 3 aromatic rings. The van der Waals surface area contributed by atoms with E-state index in [4.69, 9.17) is 4.74 Å². The van der Waals surface area contributed by atoms with Crippen LogP contribution in [0, 0.1) is 6.92 Å². The number of pyridine rings is 1. The Hall–Kier alpha value is -2.99. The molecular formula is C21H18N2O3S. The molecule has 136 valence electrons. The molecule has 2 aromatic heterocycles. The fraction of sp³-hybridized carbons (Fsp3) is 0.190. The summed E-state index contributed by atoms with van der Waals surface area (Å²) in [7, 11) is 0. The third-order valence-electron chi connectivity index (χ3n) is 4.51. The van der Waals surface area contributed by atoms with Crippen molar-refractivity contribution in [2.45, 2.75) is 26.4 Å². The maximum atomic E-state index is 12.5. The van der Waals surface area contributed by atoms with Crippen LogP contribution in [0.3, 0.4) is 0 Å². The van der Waals surface area contributed by atoms with Crippen LogP contribution in [-0.2, 0) is 13.0 Å². The Morgan fingerprint density at radius 2 is 2.15 bits per heavy atom. The molecule has 0 unspecified atom stereocenters. The summed E-state index contributed by atoms with van der Waals surface area (Å²) in [5.74, 6) is 0.538. The van der Waals surface area contributed by atoms with Gasteiger partial charge in [0, 0.05) is 34.6 Å². The first kappa shape index (κ1) is 17.4. The molecule has 6 heteroatoms. The Morgan fingerprint density at radius 3 is 2.89 bits per heavy atom. The molecule has 0 saturated heterocycles. The van der Waals surface area contributed by atoms with Crippen molar-refractivity contribution >= 4 is 29.4 Å². The van der Waals surface area contributed by atoms with E-state index in [1.807, 2.05) is 30.5 Å². The first-order valence-electron chi connectivity index (χ1n) is 8.68. The summed E-state index contributed by atoms with van der Waals surface area (Å²) in [4.78, 5) is 27.8.